The smallest absolute Gasteiger partial charge is 0.341 e. The lowest BCUT2D eigenvalue weighted by atomic mass is 10.0. The number of carboxylic acid groups (broad SMARTS) is 1. The number of carboxylic acids is 1. The van der Waals surface area contributed by atoms with E-state index in [2.05, 4.69) is 0 Å². The van der Waals surface area contributed by atoms with E-state index in [1.54, 1.807) is 4.90 Å². The molecule has 1 saturated heterocycles. The van der Waals surface area contributed by atoms with E-state index in [-0.39, 0.29) is 52.6 Å². The van der Waals surface area contributed by atoms with E-state index in [1.807, 2.05) is 6.92 Å². The summed E-state index contributed by atoms with van der Waals surface area (Å²) in [6.45, 7) is 4.06. The molecule has 2 heterocycles. The van der Waals surface area contributed by atoms with E-state index in [0.717, 1.165) is 12.8 Å². The summed E-state index contributed by atoms with van der Waals surface area (Å²) < 4.78 is 32.2. The Hall–Kier alpha value is -2.19. The topological polar surface area (TPSA) is 88.6 Å². The van der Waals surface area contributed by atoms with E-state index in [9.17, 15) is 14.7 Å². The number of nitrogens with zero attached hydrogens (tertiary/aromatic N) is 2. The molecule has 1 saturated carbocycles. The summed E-state index contributed by atoms with van der Waals surface area (Å²) >= 11 is 0. The monoisotopic (exact) mass is 413 g/mol. The SMILES string of the molecule is Cc1c(F)c(N2CC(C)C(N)C2)c(F)c2c1c(=O)c(C(=O)O)cn2C1CC1.Cl. The molecule has 0 radical (unpaired) electrons. The van der Waals surface area contributed by atoms with Crippen LogP contribution >= 0.6 is 12.4 Å². The number of aromatic carboxylic acids is 1. The van der Waals surface area contributed by atoms with Crippen LogP contribution in [-0.2, 0) is 0 Å². The Labute approximate surface area is 166 Å². The molecule has 2 unspecified atom stereocenters. The van der Waals surface area contributed by atoms with Gasteiger partial charge in [0.1, 0.15) is 11.3 Å². The zero-order valence-electron chi connectivity index (χ0n) is 15.5. The van der Waals surface area contributed by atoms with Crippen molar-refractivity contribution in [1.29, 1.82) is 0 Å². The van der Waals surface area contributed by atoms with E-state index in [0.29, 0.717) is 13.1 Å². The number of rotatable bonds is 3. The summed E-state index contributed by atoms with van der Waals surface area (Å²) in [6, 6.07) is -0.280. The van der Waals surface area contributed by atoms with E-state index >= 15 is 8.78 Å². The maximum absolute atomic E-state index is 15.5. The second-order valence-corrected chi connectivity index (χ2v) is 7.69. The van der Waals surface area contributed by atoms with Gasteiger partial charge in [0.05, 0.1) is 10.9 Å². The Bertz CT molecular complexity index is 1030. The number of hydrogen-bond donors (Lipinski definition) is 2. The standard InChI is InChI=1S/C19H21F2N3O3.ClH/c1-8-5-23(7-12(8)22)17-14(20)9(2)13-16(15(17)21)24(10-3-4-10)6-11(18(13)25)19(26)27;/h6,8,10,12H,3-5,7,22H2,1-2H3,(H,26,27);1H. The van der Waals surface area contributed by atoms with Gasteiger partial charge in [-0.25, -0.2) is 13.6 Å². The lowest BCUT2D eigenvalue weighted by Crippen LogP contribution is -2.29. The van der Waals surface area contributed by atoms with Crippen molar-refractivity contribution in [2.45, 2.75) is 38.8 Å². The number of pyridine rings is 1. The largest absolute Gasteiger partial charge is 0.477 e. The highest BCUT2D eigenvalue weighted by atomic mass is 35.5. The minimum atomic E-state index is -1.40. The normalized spacial score (nSPS) is 21.8. The predicted molar refractivity (Wildman–Crippen MR) is 105 cm³/mol. The number of anilines is 1. The molecule has 28 heavy (non-hydrogen) atoms. The van der Waals surface area contributed by atoms with E-state index in [1.165, 1.54) is 17.7 Å². The summed E-state index contributed by atoms with van der Waals surface area (Å²) in [6.07, 6.45) is 2.70. The number of nitrogens with two attached hydrogens (primary N) is 1. The zero-order valence-corrected chi connectivity index (χ0v) is 16.4. The maximum Gasteiger partial charge on any atom is 0.341 e. The Morgan fingerprint density at radius 3 is 2.39 bits per heavy atom. The quantitative estimate of drug-likeness (QED) is 0.807. The highest BCUT2D eigenvalue weighted by Gasteiger charge is 2.35. The first-order chi connectivity index (χ1) is 12.7. The van der Waals surface area contributed by atoms with Crippen LogP contribution < -0.4 is 16.1 Å². The summed E-state index contributed by atoms with van der Waals surface area (Å²) in [5.74, 6) is -2.97. The average Bonchev–Trinajstić information content (AvgIpc) is 3.38. The molecule has 2 aromatic rings. The second-order valence-electron chi connectivity index (χ2n) is 7.69. The molecule has 2 fully saturated rings. The van der Waals surface area contributed by atoms with Gasteiger partial charge < -0.3 is 20.3 Å². The van der Waals surface area contributed by atoms with Crippen LogP contribution in [0.2, 0.25) is 0 Å². The third-order valence-electron chi connectivity index (χ3n) is 5.72. The lowest BCUT2D eigenvalue weighted by molar-refractivity contribution is 0.0695. The molecule has 4 rings (SSSR count). The van der Waals surface area contributed by atoms with E-state index < -0.39 is 28.6 Å². The Morgan fingerprint density at radius 1 is 1.25 bits per heavy atom. The lowest BCUT2D eigenvalue weighted by Gasteiger charge is -2.23. The van der Waals surface area contributed by atoms with Gasteiger partial charge in [0.25, 0.3) is 0 Å². The molecule has 9 heteroatoms. The molecule has 0 amide bonds. The van der Waals surface area contributed by atoms with Crippen molar-refractivity contribution in [3.05, 3.63) is 39.2 Å². The van der Waals surface area contributed by atoms with Gasteiger partial charge in [-0.3, -0.25) is 4.79 Å². The number of carbonyl (C=O) groups is 1. The predicted octanol–water partition coefficient (Wildman–Crippen LogP) is 2.83. The third kappa shape index (κ3) is 2.95. The summed E-state index contributed by atoms with van der Waals surface area (Å²) in [5, 5.41) is 9.15. The minimum Gasteiger partial charge on any atom is -0.477 e. The van der Waals surface area contributed by atoms with Crippen LogP contribution in [0.1, 0.15) is 41.7 Å². The van der Waals surface area contributed by atoms with Crippen LogP contribution in [-0.4, -0.2) is 34.8 Å². The Balaban J connectivity index is 0.00000225. The second kappa shape index (κ2) is 7.00. The molecular weight excluding hydrogens is 392 g/mol. The molecule has 0 spiro atoms. The van der Waals surface area contributed by atoms with Crippen molar-refractivity contribution in [2.24, 2.45) is 11.7 Å². The van der Waals surface area contributed by atoms with Gasteiger partial charge in [0.15, 0.2) is 11.6 Å². The number of fused-ring (bicyclic) bond motifs is 1. The van der Waals surface area contributed by atoms with Crippen LogP contribution in [0.25, 0.3) is 10.9 Å². The van der Waals surface area contributed by atoms with Crippen LogP contribution in [0.15, 0.2) is 11.0 Å². The average molecular weight is 414 g/mol. The highest BCUT2D eigenvalue weighted by Crippen LogP contribution is 2.41. The molecule has 1 aromatic carbocycles. The fourth-order valence-electron chi connectivity index (χ4n) is 3.95. The van der Waals surface area contributed by atoms with Crippen molar-refractivity contribution < 1.29 is 18.7 Å². The molecule has 152 valence electrons. The van der Waals surface area contributed by atoms with Crippen molar-refractivity contribution in [2.75, 3.05) is 18.0 Å². The fraction of sp³-hybridized carbons (Fsp3) is 0.474. The first-order valence-corrected chi connectivity index (χ1v) is 9.02. The van der Waals surface area contributed by atoms with Gasteiger partial charge in [0, 0.05) is 36.9 Å². The van der Waals surface area contributed by atoms with E-state index in [4.69, 9.17) is 5.73 Å². The number of aromatic nitrogens is 1. The highest BCUT2D eigenvalue weighted by molar-refractivity contribution is 5.95. The minimum absolute atomic E-state index is 0. The number of hydrogen-bond acceptors (Lipinski definition) is 4. The fourth-order valence-corrected chi connectivity index (χ4v) is 3.95. The summed E-state index contributed by atoms with van der Waals surface area (Å²) in [4.78, 5) is 25.7. The summed E-state index contributed by atoms with van der Waals surface area (Å²) in [5.41, 5.74) is 4.45. The molecule has 1 aromatic heterocycles. The van der Waals surface area contributed by atoms with Crippen LogP contribution in [0.5, 0.6) is 0 Å². The van der Waals surface area contributed by atoms with Gasteiger partial charge in [-0.05, 0) is 25.7 Å². The molecule has 2 aliphatic rings. The Morgan fingerprint density at radius 2 is 1.89 bits per heavy atom. The van der Waals surface area contributed by atoms with Gasteiger partial charge in [0.2, 0.25) is 5.43 Å². The molecule has 0 bridgehead atoms. The van der Waals surface area contributed by atoms with Crippen molar-refractivity contribution in [3.8, 4) is 0 Å². The molecular formula is C19H22ClF2N3O3. The van der Waals surface area contributed by atoms with Crippen molar-refractivity contribution in [1.82, 2.24) is 4.57 Å². The molecule has 1 aliphatic carbocycles. The maximum atomic E-state index is 15.5. The van der Waals surface area contributed by atoms with Gasteiger partial charge in [-0.1, -0.05) is 6.92 Å². The third-order valence-corrected chi connectivity index (χ3v) is 5.72. The molecule has 2 atom stereocenters. The van der Waals surface area contributed by atoms with Crippen molar-refractivity contribution >= 4 is 35.0 Å². The Kier molecular flexibility index (Phi) is 5.14. The number of benzene rings is 1. The molecule has 6 nitrogen and oxygen atoms in total. The van der Waals surface area contributed by atoms with Crippen molar-refractivity contribution in [3.63, 3.8) is 0 Å². The van der Waals surface area contributed by atoms with Crippen LogP contribution in [0, 0.1) is 24.5 Å². The van der Waals surface area contributed by atoms with Crippen LogP contribution in [0.4, 0.5) is 14.5 Å². The molecule has 3 N–H and O–H groups in total. The van der Waals surface area contributed by atoms with Gasteiger partial charge in [-0.15, -0.1) is 12.4 Å². The zero-order chi connectivity index (χ0) is 19.6. The number of halogens is 3. The first kappa shape index (κ1) is 20.5. The van der Waals surface area contributed by atoms with Gasteiger partial charge >= 0.3 is 5.97 Å². The number of aryl methyl sites for hydroxylation is 1. The first-order valence-electron chi connectivity index (χ1n) is 9.02. The summed E-state index contributed by atoms with van der Waals surface area (Å²) in [7, 11) is 0. The van der Waals surface area contributed by atoms with Crippen LogP contribution in [0.3, 0.4) is 0 Å². The molecule has 1 aliphatic heterocycles. The van der Waals surface area contributed by atoms with Gasteiger partial charge in [-0.2, -0.15) is 0 Å².